The zero-order valence-corrected chi connectivity index (χ0v) is 13.9. The van der Waals surface area contributed by atoms with Crippen molar-refractivity contribution in [1.29, 1.82) is 0 Å². The fourth-order valence-corrected chi connectivity index (χ4v) is 2.87. The molecule has 134 valence electrons. The number of hydrogen-bond donors (Lipinski definition) is 2. The van der Waals surface area contributed by atoms with Crippen LogP contribution in [-0.4, -0.2) is 16.1 Å². The molecule has 0 unspecified atom stereocenters. The molecule has 1 aromatic heterocycles. The van der Waals surface area contributed by atoms with Crippen LogP contribution in [0.25, 0.3) is 11.3 Å². The van der Waals surface area contributed by atoms with Gasteiger partial charge in [0.25, 0.3) is 0 Å². The number of alkyl halides is 3. The highest BCUT2D eigenvalue weighted by Gasteiger charge is 2.31. The van der Waals surface area contributed by atoms with Gasteiger partial charge < -0.3 is 5.32 Å². The van der Waals surface area contributed by atoms with Gasteiger partial charge in [0.1, 0.15) is 5.69 Å². The third-order valence-electron chi connectivity index (χ3n) is 4.55. The minimum Gasteiger partial charge on any atom is -0.322 e. The van der Waals surface area contributed by atoms with Gasteiger partial charge in [-0.2, -0.15) is 18.3 Å². The molecule has 1 amide bonds. The Hall–Kier alpha value is -2.31. The number of aryl methyl sites for hydroxylation is 1. The summed E-state index contributed by atoms with van der Waals surface area (Å²) in [4.78, 5) is 12.3. The summed E-state index contributed by atoms with van der Waals surface area (Å²) in [7, 11) is 0. The summed E-state index contributed by atoms with van der Waals surface area (Å²) in [5.74, 6) is -0.0250. The van der Waals surface area contributed by atoms with Gasteiger partial charge in [0.05, 0.1) is 16.9 Å². The van der Waals surface area contributed by atoms with Gasteiger partial charge in [-0.15, -0.1) is 0 Å². The summed E-state index contributed by atoms with van der Waals surface area (Å²) < 4.78 is 38.2. The van der Waals surface area contributed by atoms with E-state index in [2.05, 4.69) is 15.5 Å². The van der Waals surface area contributed by atoms with Gasteiger partial charge in [-0.1, -0.05) is 31.9 Å². The Morgan fingerprint density at radius 1 is 1.28 bits per heavy atom. The van der Waals surface area contributed by atoms with Gasteiger partial charge >= 0.3 is 6.18 Å². The van der Waals surface area contributed by atoms with E-state index in [1.54, 1.807) is 0 Å². The number of benzene rings is 1. The molecular formula is C18H20F3N3O. The maximum atomic E-state index is 12.7. The first kappa shape index (κ1) is 17.5. The predicted octanol–water partition coefficient (Wildman–Crippen LogP) is 4.79. The van der Waals surface area contributed by atoms with Crippen molar-refractivity contribution in [1.82, 2.24) is 10.2 Å². The minimum atomic E-state index is -4.38. The van der Waals surface area contributed by atoms with Crippen LogP contribution in [-0.2, 0) is 17.4 Å². The highest BCUT2D eigenvalue weighted by molar-refractivity contribution is 5.97. The van der Waals surface area contributed by atoms with Crippen LogP contribution in [0.1, 0.15) is 43.9 Å². The number of H-pyrrole nitrogens is 1. The van der Waals surface area contributed by atoms with Gasteiger partial charge in [-0.3, -0.25) is 9.89 Å². The van der Waals surface area contributed by atoms with Crippen LogP contribution >= 0.6 is 0 Å². The Balaban J connectivity index is 1.91. The number of rotatable bonds is 5. The smallest absolute Gasteiger partial charge is 0.322 e. The zero-order chi connectivity index (χ0) is 18.0. The van der Waals surface area contributed by atoms with Gasteiger partial charge in [-0.25, -0.2) is 0 Å². The van der Waals surface area contributed by atoms with Crippen molar-refractivity contribution in [3.8, 4) is 11.3 Å². The van der Waals surface area contributed by atoms with Crippen molar-refractivity contribution in [2.75, 3.05) is 5.32 Å². The van der Waals surface area contributed by atoms with Gasteiger partial charge in [-0.05, 0) is 31.4 Å². The van der Waals surface area contributed by atoms with Crippen molar-refractivity contribution in [3.05, 3.63) is 35.5 Å². The largest absolute Gasteiger partial charge is 0.416 e. The number of aromatic nitrogens is 2. The highest BCUT2D eigenvalue weighted by atomic mass is 19.4. The molecule has 1 saturated carbocycles. The Bertz CT molecular complexity index is 746. The second-order valence-corrected chi connectivity index (χ2v) is 6.37. The molecule has 1 aliphatic rings. The average molecular weight is 351 g/mol. The standard InChI is InChI=1S/C18H20F3N3O/c1-2-4-14-16(22-17(25)12-5-3-6-12)15(24-23-14)11-7-9-13(10-8-11)18(19,20)21/h7-10,12H,2-6H2,1H3,(H,22,25)(H,23,24). The van der Waals surface area contributed by atoms with E-state index in [1.165, 1.54) is 12.1 Å². The predicted molar refractivity (Wildman–Crippen MR) is 89.0 cm³/mol. The number of amides is 1. The number of nitrogens with zero attached hydrogens (tertiary/aromatic N) is 1. The summed E-state index contributed by atoms with van der Waals surface area (Å²) in [6, 6.07) is 4.82. The molecule has 2 aromatic rings. The molecule has 0 saturated heterocycles. The number of carbonyl (C=O) groups excluding carboxylic acids is 1. The molecule has 3 rings (SSSR count). The van der Waals surface area contributed by atoms with E-state index in [0.29, 0.717) is 23.4 Å². The van der Waals surface area contributed by atoms with E-state index in [-0.39, 0.29) is 11.8 Å². The summed E-state index contributed by atoms with van der Waals surface area (Å²) in [5.41, 5.74) is 1.68. The summed E-state index contributed by atoms with van der Waals surface area (Å²) in [6.45, 7) is 2.01. The van der Waals surface area contributed by atoms with E-state index in [1.807, 2.05) is 6.92 Å². The first-order valence-corrected chi connectivity index (χ1v) is 8.46. The van der Waals surface area contributed by atoms with E-state index in [4.69, 9.17) is 0 Å². The zero-order valence-electron chi connectivity index (χ0n) is 13.9. The van der Waals surface area contributed by atoms with Crippen molar-refractivity contribution < 1.29 is 18.0 Å². The number of halogens is 3. The van der Waals surface area contributed by atoms with Crippen LogP contribution in [0.3, 0.4) is 0 Å². The first-order chi connectivity index (χ1) is 11.9. The lowest BCUT2D eigenvalue weighted by atomic mass is 9.84. The first-order valence-electron chi connectivity index (χ1n) is 8.46. The minimum absolute atomic E-state index is 0.0184. The molecule has 25 heavy (non-hydrogen) atoms. The Morgan fingerprint density at radius 2 is 1.96 bits per heavy atom. The van der Waals surface area contributed by atoms with Gasteiger partial charge in [0.2, 0.25) is 5.91 Å². The number of anilines is 1. The third-order valence-corrected chi connectivity index (χ3v) is 4.55. The molecule has 0 spiro atoms. The quantitative estimate of drug-likeness (QED) is 0.814. The van der Waals surface area contributed by atoms with Crippen LogP contribution in [0.5, 0.6) is 0 Å². The lowest BCUT2D eigenvalue weighted by molar-refractivity contribution is -0.137. The van der Waals surface area contributed by atoms with Crippen LogP contribution in [0, 0.1) is 5.92 Å². The number of aromatic amines is 1. The molecule has 0 aliphatic heterocycles. The summed E-state index contributed by atoms with van der Waals surface area (Å²) in [5, 5.41) is 10.1. The highest BCUT2D eigenvalue weighted by Crippen LogP contribution is 2.35. The van der Waals surface area contributed by atoms with Crippen LogP contribution in [0.15, 0.2) is 24.3 Å². The maximum Gasteiger partial charge on any atom is 0.416 e. The van der Waals surface area contributed by atoms with Gasteiger partial charge in [0.15, 0.2) is 0 Å². The molecule has 4 nitrogen and oxygen atoms in total. The summed E-state index contributed by atoms with van der Waals surface area (Å²) in [6.07, 6.45) is -0.00449. The molecule has 1 aromatic carbocycles. The second-order valence-electron chi connectivity index (χ2n) is 6.37. The van der Waals surface area contributed by atoms with E-state index in [9.17, 15) is 18.0 Å². The van der Waals surface area contributed by atoms with Crippen LogP contribution in [0.4, 0.5) is 18.9 Å². The second kappa shape index (κ2) is 6.90. The fraction of sp³-hybridized carbons (Fsp3) is 0.444. The lowest BCUT2D eigenvalue weighted by Gasteiger charge is -2.24. The van der Waals surface area contributed by atoms with Crippen molar-refractivity contribution in [2.24, 2.45) is 5.92 Å². The van der Waals surface area contributed by atoms with E-state index < -0.39 is 11.7 Å². The average Bonchev–Trinajstić information content (AvgIpc) is 2.88. The third kappa shape index (κ3) is 3.70. The molecular weight excluding hydrogens is 331 g/mol. The molecule has 1 heterocycles. The molecule has 0 radical (unpaired) electrons. The number of carbonyl (C=O) groups is 1. The maximum absolute atomic E-state index is 12.7. The number of nitrogens with one attached hydrogen (secondary N) is 2. The molecule has 0 bridgehead atoms. The number of hydrogen-bond acceptors (Lipinski definition) is 2. The summed E-state index contributed by atoms with van der Waals surface area (Å²) >= 11 is 0. The monoisotopic (exact) mass is 351 g/mol. The van der Waals surface area contributed by atoms with Crippen molar-refractivity contribution in [2.45, 2.75) is 45.2 Å². The topological polar surface area (TPSA) is 57.8 Å². The Labute approximate surface area is 143 Å². The van der Waals surface area contributed by atoms with E-state index in [0.717, 1.165) is 43.5 Å². The molecule has 0 atom stereocenters. The molecule has 1 fully saturated rings. The van der Waals surface area contributed by atoms with Crippen molar-refractivity contribution >= 4 is 11.6 Å². The van der Waals surface area contributed by atoms with Crippen LogP contribution < -0.4 is 5.32 Å². The Kier molecular flexibility index (Phi) is 4.83. The Morgan fingerprint density at radius 3 is 2.48 bits per heavy atom. The molecule has 7 heteroatoms. The van der Waals surface area contributed by atoms with Crippen molar-refractivity contribution in [3.63, 3.8) is 0 Å². The molecule has 2 N–H and O–H groups in total. The fourth-order valence-electron chi connectivity index (χ4n) is 2.87. The van der Waals surface area contributed by atoms with E-state index >= 15 is 0 Å². The normalized spacial score (nSPS) is 15.0. The molecule has 1 aliphatic carbocycles. The van der Waals surface area contributed by atoms with Gasteiger partial charge in [0, 0.05) is 11.5 Å². The lowest BCUT2D eigenvalue weighted by Crippen LogP contribution is -2.28. The van der Waals surface area contributed by atoms with Crippen LogP contribution in [0.2, 0.25) is 0 Å². The SMILES string of the molecule is CCCc1[nH]nc(-c2ccc(C(F)(F)F)cc2)c1NC(=O)C1CCC1.